The number of carbonyl (C=O) groups excluding carboxylic acids is 1. The molecule has 3 rings (SSSR count). The third-order valence-electron chi connectivity index (χ3n) is 5.59. The molecule has 1 saturated heterocycles. The maximum Gasteiger partial charge on any atom is 0.273 e. The second-order valence-electron chi connectivity index (χ2n) is 8.35. The van der Waals surface area contributed by atoms with Crippen molar-refractivity contribution in [3.63, 3.8) is 0 Å². The van der Waals surface area contributed by atoms with Crippen LogP contribution in [0, 0.1) is 21.4 Å². The van der Waals surface area contributed by atoms with E-state index in [1.54, 1.807) is 18.2 Å². The number of hydrogen-bond donors (Lipinski definition) is 1. The summed E-state index contributed by atoms with van der Waals surface area (Å²) in [5.41, 5.74) is 0.763. The van der Waals surface area contributed by atoms with Crippen LogP contribution in [-0.2, 0) is 14.8 Å². The summed E-state index contributed by atoms with van der Waals surface area (Å²) >= 11 is 0. The molecule has 34 heavy (non-hydrogen) atoms. The van der Waals surface area contributed by atoms with Gasteiger partial charge in [-0.1, -0.05) is 38.5 Å². The Labute approximate surface area is 198 Å². The molecule has 2 aromatic carbocycles. The van der Waals surface area contributed by atoms with Crippen LogP contribution in [0.1, 0.15) is 50.2 Å². The van der Waals surface area contributed by atoms with Crippen LogP contribution in [-0.4, -0.2) is 36.6 Å². The van der Waals surface area contributed by atoms with E-state index in [0.717, 1.165) is 19.3 Å². The maximum absolute atomic E-state index is 12.9. The number of nitro benzene ring substituents is 1. The molecule has 9 nitrogen and oxygen atoms in total. The Bertz CT molecular complexity index is 1270. The van der Waals surface area contributed by atoms with Gasteiger partial charge >= 0.3 is 0 Å². The standard InChI is InChI=1S/C24H26N4O5S/c1-17(2)22-10-9-18(14-23(22)28(30)31)13-19(16-25)24(29)26-20-7-6-8-21(15-20)34(32,33)27-11-4-3-5-12-27/h6-10,13-15,17H,3-5,11-12H2,1-2H3,(H,26,29)/b19-13+. The first kappa shape index (κ1) is 25.1. The molecular weight excluding hydrogens is 456 g/mol. The van der Waals surface area contributed by atoms with E-state index in [4.69, 9.17) is 0 Å². The minimum atomic E-state index is -3.68. The molecule has 1 fully saturated rings. The number of benzene rings is 2. The number of nitro groups is 1. The molecule has 1 aliphatic heterocycles. The van der Waals surface area contributed by atoms with E-state index in [-0.39, 0.29) is 27.8 Å². The van der Waals surface area contributed by atoms with Gasteiger partial charge in [0.15, 0.2) is 0 Å². The Morgan fingerprint density at radius 2 is 1.88 bits per heavy atom. The molecule has 0 atom stereocenters. The molecule has 0 unspecified atom stereocenters. The number of carbonyl (C=O) groups is 1. The first-order valence-electron chi connectivity index (χ1n) is 10.9. The van der Waals surface area contributed by atoms with Crippen molar-refractivity contribution >= 4 is 33.4 Å². The summed E-state index contributed by atoms with van der Waals surface area (Å²) in [6, 6.07) is 12.2. The van der Waals surface area contributed by atoms with Gasteiger partial charge in [0.05, 0.1) is 9.82 Å². The molecule has 1 aliphatic rings. The quantitative estimate of drug-likeness (QED) is 0.268. The first-order valence-corrected chi connectivity index (χ1v) is 12.4. The summed E-state index contributed by atoms with van der Waals surface area (Å²) in [6.45, 7) is 4.60. The van der Waals surface area contributed by atoms with E-state index >= 15 is 0 Å². The largest absolute Gasteiger partial charge is 0.321 e. The predicted molar refractivity (Wildman–Crippen MR) is 128 cm³/mol. The number of amides is 1. The van der Waals surface area contributed by atoms with Gasteiger partial charge in [0.25, 0.3) is 11.6 Å². The van der Waals surface area contributed by atoms with Crippen LogP contribution in [0.2, 0.25) is 0 Å². The minimum Gasteiger partial charge on any atom is -0.321 e. The van der Waals surface area contributed by atoms with Gasteiger partial charge in [0.2, 0.25) is 10.0 Å². The number of nitrogens with one attached hydrogen (secondary N) is 1. The Balaban J connectivity index is 1.84. The highest BCUT2D eigenvalue weighted by Gasteiger charge is 2.26. The molecule has 2 aromatic rings. The lowest BCUT2D eigenvalue weighted by Gasteiger charge is -2.26. The van der Waals surface area contributed by atoms with Crippen molar-refractivity contribution in [3.05, 3.63) is 69.3 Å². The van der Waals surface area contributed by atoms with Crippen molar-refractivity contribution in [2.45, 2.75) is 43.9 Å². The van der Waals surface area contributed by atoms with E-state index in [1.807, 2.05) is 13.8 Å². The molecule has 0 radical (unpaired) electrons. The number of nitriles is 1. The van der Waals surface area contributed by atoms with Gasteiger partial charge in [-0.05, 0) is 48.6 Å². The molecule has 0 spiro atoms. The van der Waals surface area contributed by atoms with Crippen molar-refractivity contribution in [3.8, 4) is 6.07 Å². The lowest BCUT2D eigenvalue weighted by Crippen LogP contribution is -2.35. The molecule has 10 heteroatoms. The summed E-state index contributed by atoms with van der Waals surface area (Å²) in [6.07, 6.45) is 3.88. The van der Waals surface area contributed by atoms with Crippen LogP contribution in [0.3, 0.4) is 0 Å². The number of nitrogens with zero attached hydrogens (tertiary/aromatic N) is 3. The smallest absolute Gasteiger partial charge is 0.273 e. The summed E-state index contributed by atoms with van der Waals surface area (Å²) in [4.78, 5) is 23.7. The van der Waals surface area contributed by atoms with Gasteiger partial charge in [0, 0.05) is 30.4 Å². The average Bonchev–Trinajstić information content (AvgIpc) is 2.82. The minimum absolute atomic E-state index is 0.0642. The molecule has 0 aliphatic carbocycles. The van der Waals surface area contributed by atoms with Crippen LogP contribution in [0.15, 0.2) is 52.9 Å². The second-order valence-corrected chi connectivity index (χ2v) is 10.3. The highest BCUT2D eigenvalue weighted by Crippen LogP contribution is 2.28. The molecular formula is C24H26N4O5S. The summed E-state index contributed by atoms with van der Waals surface area (Å²) in [5, 5.41) is 23.5. The number of rotatable bonds is 7. The van der Waals surface area contributed by atoms with Gasteiger partial charge in [0.1, 0.15) is 11.6 Å². The van der Waals surface area contributed by atoms with E-state index in [2.05, 4.69) is 5.32 Å². The van der Waals surface area contributed by atoms with E-state index in [0.29, 0.717) is 24.2 Å². The van der Waals surface area contributed by atoms with Gasteiger partial charge in [-0.15, -0.1) is 0 Å². The molecule has 178 valence electrons. The Morgan fingerprint density at radius 3 is 2.50 bits per heavy atom. The zero-order valence-electron chi connectivity index (χ0n) is 19.0. The monoisotopic (exact) mass is 482 g/mol. The zero-order chi connectivity index (χ0) is 24.9. The maximum atomic E-state index is 12.9. The lowest BCUT2D eigenvalue weighted by atomic mass is 9.98. The summed E-state index contributed by atoms with van der Waals surface area (Å²) < 4.78 is 27.3. The van der Waals surface area contributed by atoms with Crippen molar-refractivity contribution in [2.24, 2.45) is 0 Å². The molecule has 1 amide bonds. The van der Waals surface area contributed by atoms with E-state index < -0.39 is 20.9 Å². The SMILES string of the molecule is CC(C)c1ccc(/C=C(\C#N)C(=O)Nc2cccc(S(=O)(=O)N3CCCCC3)c2)cc1[N+](=O)[O-]. The summed E-state index contributed by atoms with van der Waals surface area (Å²) in [7, 11) is -3.68. The van der Waals surface area contributed by atoms with Crippen LogP contribution in [0.4, 0.5) is 11.4 Å². The highest BCUT2D eigenvalue weighted by atomic mass is 32.2. The van der Waals surface area contributed by atoms with E-state index in [1.165, 1.54) is 40.7 Å². The molecule has 0 bridgehead atoms. The number of sulfonamides is 1. The molecule has 0 saturated carbocycles. The van der Waals surface area contributed by atoms with Gasteiger partial charge in [-0.25, -0.2) is 8.42 Å². The molecule has 1 heterocycles. The zero-order valence-corrected chi connectivity index (χ0v) is 19.8. The van der Waals surface area contributed by atoms with Crippen LogP contribution >= 0.6 is 0 Å². The van der Waals surface area contributed by atoms with Crippen LogP contribution in [0.5, 0.6) is 0 Å². The third kappa shape index (κ3) is 5.68. The van der Waals surface area contributed by atoms with Gasteiger partial charge in [-0.2, -0.15) is 9.57 Å². The van der Waals surface area contributed by atoms with Gasteiger partial charge in [-0.3, -0.25) is 14.9 Å². The summed E-state index contributed by atoms with van der Waals surface area (Å²) in [5.74, 6) is -0.809. The van der Waals surface area contributed by atoms with Gasteiger partial charge < -0.3 is 5.32 Å². The Hall–Kier alpha value is -3.55. The Morgan fingerprint density at radius 1 is 1.18 bits per heavy atom. The fraction of sp³-hybridized carbons (Fsp3) is 0.333. The average molecular weight is 483 g/mol. The highest BCUT2D eigenvalue weighted by molar-refractivity contribution is 7.89. The third-order valence-corrected chi connectivity index (χ3v) is 7.49. The number of piperidine rings is 1. The normalized spacial score (nSPS) is 15.1. The second kappa shape index (κ2) is 10.6. The fourth-order valence-electron chi connectivity index (χ4n) is 3.80. The fourth-order valence-corrected chi connectivity index (χ4v) is 5.36. The first-order chi connectivity index (χ1) is 16.1. The van der Waals surface area contributed by atoms with Crippen molar-refractivity contribution in [1.29, 1.82) is 5.26 Å². The van der Waals surface area contributed by atoms with Crippen LogP contribution < -0.4 is 5.32 Å². The topological polar surface area (TPSA) is 133 Å². The predicted octanol–water partition coefficient (Wildman–Crippen LogP) is 4.44. The van der Waals surface area contributed by atoms with E-state index in [9.17, 15) is 28.6 Å². The number of hydrogen-bond acceptors (Lipinski definition) is 6. The van der Waals surface area contributed by atoms with Crippen molar-refractivity contribution in [2.75, 3.05) is 18.4 Å². The molecule has 0 aromatic heterocycles. The van der Waals surface area contributed by atoms with Crippen LogP contribution in [0.25, 0.3) is 6.08 Å². The van der Waals surface area contributed by atoms with Crippen molar-refractivity contribution < 1.29 is 18.1 Å². The van der Waals surface area contributed by atoms with Crippen molar-refractivity contribution in [1.82, 2.24) is 4.31 Å². The Kier molecular flexibility index (Phi) is 7.81. The molecule has 1 N–H and O–H groups in total. The number of anilines is 1. The lowest BCUT2D eigenvalue weighted by molar-refractivity contribution is -0.385.